The predicted molar refractivity (Wildman–Crippen MR) is 82.6 cm³/mol. The molecular weight excluding hydrogens is 278 g/mol. The van der Waals surface area contributed by atoms with Crippen molar-refractivity contribution < 1.29 is 4.79 Å². The molecule has 0 aliphatic carbocycles. The van der Waals surface area contributed by atoms with Gasteiger partial charge in [-0.2, -0.15) is 5.10 Å². The Labute approximate surface area is 128 Å². The molecule has 0 radical (unpaired) electrons. The molecule has 3 rings (SSSR count). The van der Waals surface area contributed by atoms with E-state index in [1.54, 1.807) is 23.0 Å². The molecule has 112 valence electrons. The number of rotatable bonds is 3. The lowest BCUT2D eigenvalue weighted by molar-refractivity contribution is 0.0948. The van der Waals surface area contributed by atoms with E-state index in [0.29, 0.717) is 17.8 Å². The number of aromatic nitrogens is 4. The number of amides is 1. The Balaban J connectivity index is 1.77. The molecule has 6 nitrogen and oxygen atoms in total. The summed E-state index contributed by atoms with van der Waals surface area (Å²) in [6, 6.07) is 5.73. The summed E-state index contributed by atoms with van der Waals surface area (Å²) >= 11 is 0. The summed E-state index contributed by atoms with van der Waals surface area (Å²) in [5, 5.41) is 6.98. The van der Waals surface area contributed by atoms with Crippen molar-refractivity contribution >= 4 is 11.6 Å². The van der Waals surface area contributed by atoms with Crippen molar-refractivity contribution in [2.24, 2.45) is 0 Å². The molecule has 0 aromatic carbocycles. The maximum atomic E-state index is 12.3. The number of carbonyl (C=O) groups is 1. The maximum absolute atomic E-state index is 12.3. The van der Waals surface area contributed by atoms with E-state index in [4.69, 9.17) is 0 Å². The van der Waals surface area contributed by atoms with Crippen LogP contribution in [0, 0.1) is 20.8 Å². The van der Waals surface area contributed by atoms with Crippen LogP contribution >= 0.6 is 0 Å². The smallest absolute Gasteiger partial charge is 0.255 e. The number of hydrogen-bond acceptors (Lipinski definition) is 4. The molecule has 3 heterocycles. The Morgan fingerprint density at radius 1 is 1.14 bits per heavy atom. The fourth-order valence-corrected chi connectivity index (χ4v) is 2.21. The quantitative estimate of drug-likeness (QED) is 0.802. The lowest BCUT2D eigenvalue weighted by atomic mass is 10.2. The van der Waals surface area contributed by atoms with Gasteiger partial charge in [0.25, 0.3) is 5.91 Å². The second-order valence-corrected chi connectivity index (χ2v) is 5.26. The fraction of sp³-hybridized carbons (Fsp3) is 0.250. The molecule has 0 fully saturated rings. The van der Waals surface area contributed by atoms with Crippen LogP contribution < -0.4 is 5.32 Å². The Hall–Kier alpha value is -2.76. The number of hydrogen-bond donors (Lipinski definition) is 1. The van der Waals surface area contributed by atoms with Crippen molar-refractivity contribution in [2.45, 2.75) is 27.3 Å². The first-order valence-corrected chi connectivity index (χ1v) is 7.07. The molecule has 3 aromatic heterocycles. The van der Waals surface area contributed by atoms with Gasteiger partial charge in [0.05, 0.1) is 29.7 Å². The maximum Gasteiger partial charge on any atom is 0.255 e. The van der Waals surface area contributed by atoms with Crippen LogP contribution in [-0.2, 0) is 6.54 Å². The van der Waals surface area contributed by atoms with Gasteiger partial charge in [-0.15, -0.1) is 0 Å². The molecule has 6 heteroatoms. The number of fused-ring (bicyclic) bond motifs is 1. The van der Waals surface area contributed by atoms with Gasteiger partial charge < -0.3 is 5.32 Å². The molecule has 1 N–H and O–H groups in total. The van der Waals surface area contributed by atoms with Crippen LogP contribution in [0.5, 0.6) is 0 Å². The van der Waals surface area contributed by atoms with Crippen LogP contribution in [0.4, 0.5) is 0 Å². The fourth-order valence-electron chi connectivity index (χ4n) is 2.21. The first kappa shape index (κ1) is 14.2. The Morgan fingerprint density at radius 2 is 1.95 bits per heavy atom. The van der Waals surface area contributed by atoms with Crippen molar-refractivity contribution in [1.82, 2.24) is 24.9 Å². The highest BCUT2D eigenvalue weighted by Crippen LogP contribution is 2.09. The molecule has 0 unspecified atom stereocenters. The van der Waals surface area contributed by atoms with Gasteiger partial charge in [0.2, 0.25) is 0 Å². The van der Waals surface area contributed by atoms with E-state index in [2.05, 4.69) is 20.4 Å². The third kappa shape index (κ3) is 2.67. The second-order valence-electron chi connectivity index (χ2n) is 5.26. The van der Waals surface area contributed by atoms with Gasteiger partial charge in [0, 0.05) is 18.0 Å². The Bertz CT molecular complexity index is 853. The zero-order valence-corrected chi connectivity index (χ0v) is 12.8. The monoisotopic (exact) mass is 295 g/mol. The molecule has 0 aliphatic rings. The van der Waals surface area contributed by atoms with Crippen molar-refractivity contribution in [3.63, 3.8) is 0 Å². The number of nitrogens with one attached hydrogen (secondary N) is 1. The highest BCUT2D eigenvalue weighted by molar-refractivity contribution is 5.95. The van der Waals surface area contributed by atoms with Crippen LogP contribution in [0.1, 0.15) is 33.0 Å². The van der Waals surface area contributed by atoms with Crippen LogP contribution in [-0.4, -0.2) is 25.5 Å². The Kier molecular flexibility index (Phi) is 3.58. The predicted octanol–water partition coefficient (Wildman–Crippen LogP) is 1.98. The van der Waals surface area contributed by atoms with E-state index in [-0.39, 0.29) is 5.91 Å². The normalized spacial score (nSPS) is 10.9. The van der Waals surface area contributed by atoms with E-state index in [9.17, 15) is 4.79 Å². The third-order valence-corrected chi connectivity index (χ3v) is 3.66. The van der Waals surface area contributed by atoms with Gasteiger partial charge in [-0.1, -0.05) is 6.07 Å². The van der Waals surface area contributed by atoms with Crippen molar-refractivity contribution in [2.75, 3.05) is 0 Å². The minimum absolute atomic E-state index is 0.178. The number of nitrogens with zero attached hydrogens (tertiary/aromatic N) is 4. The van der Waals surface area contributed by atoms with Gasteiger partial charge in [0.15, 0.2) is 5.65 Å². The number of pyridine rings is 1. The molecule has 0 spiro atoms. The van der Waals surface area contributed by atoms with Crippen LogP contribution in [0.2, 0.25) is 0 Å². The SMILES string of the molecule is Cc1ccc(CNC(=O)c2cn3nccc3nc2C)nc1C. The summed E-state index contributed by atoms with van der Waals surface area (Å²) in [7, 11) is 0. The molecule has 0 atom stereocenters. The summed E-state index contributed by atoms with van der Waals surface area (Å²) < 4.78 is 1.59. The van der Waals surface area contributed by atoms with Crippen molar-refractivity contribution in [1.29, 1.82) is 0 Å². The van der Waals surface area contributed by atoms with E-state index < -0.39 is 0 Å². The van der Waals surface area contributed by atoms with Gasteiger partial charge in [-0.25, -0.2) is 9.50 Å². The molecule has 0 bridgehead atoms. The third-order valence-electron chi connectivity index (χ3n) is 3.66. The van der Waals surface area contributed by atoms with Gasteiger partial charge >= 0.3 is 0 Å². The number of carbonyl (C=O) groups excluding carboxylic acids is 1. The molecule has 3 aromatic rings. The van der Waals surface area contributed by atoms with E-state index >= 15 is 0 Å². The van der Waals surface area contributed by atoms with Crippen LogP contribution in [0.15, 0.2) is 30.6 Å². The minimum Gasteiger partial charge on any atom is -0.346 e. The first-order chi connectivity index (χ1) is 10.5. The topological polar surface area (TPSA) is 72.2 Å². The first-order valence-electron chi connectivity index (χ1n) is 7.07. The lowest BCUT2D eigenvalue weighted by Crippen LogP contribution is -2.25. The summed E-state index contributed by atoms with van der Waals surface area (Å²) in [5.41, 5.74) is 4.87. The Morgan fingerprint density at radius 3 is 2.73 bits per heavy atom. The summed E-state index contributed by atoms with van der Waals surface area (Å²) in [6.07, 6.45) is 3.35. The summed E-state index contributed by atoms with van der Waals surface area (Å²) in [5.74, 6) is -0.178. The molecule has 0 saturated carbocycles. The standard InChI is InChI=1S/C16H17N5O/c1-10-4-5-13(19-11(10)2)8-17-16(22)14-9-21-15(6-7-18-21)20-12(14)3/h4-7,9H,8H2,1-3H3,(H,17,22). The summed E-state index contributed by atoms with van der Waals surface area (Å²) in [4.78, 5) is 21.2. The van der Waals surface area contributed by atoms with E-state index in [1.807, 2.05) is 32.9 Å². The molecular formula is C16H17N5O. The minimum atomic E-state index is -0.178. The molecule has 0 aliphatic heterocycles. The largest absolute Gasteiger partial charge is 0.346 e. The summed E-state index contributed by atoms with van der Waals surface area (Å²) in [6.45, 7) is 6.17. The highest BCUT2D eigenvalue weighted by Gasteiger charge is 2.12. The van der Waals surface area contributed by atoms with E-state index in [0.717, 1.165) is 22.6 Å². The molecule has 22 heavy (non-hydrogen) atoms. The van der Waals surface area contributed by atoms with Crippen LogP contribution in [0.25, 0.3) is 5.65 Å². The number of aryl methyl sites for hydroxylation is 3. The average molecular weight is 295 g/mol. The molecule has 1 amide bonds. The van der Waals surface area contributed by atoms with Crippen LogP contribution in [0.3, 0.4) is 0 Å². The molecule has 0 saturated heterocycles. The van der Waals surface area contributed by atoms with E-state index in [1.165, 1.54) is 0 Å². The van der Waals surface area contributed by atoms with Gasteiger partial charge in [-0.05, 0) is 32.4 Å². The second kappa shape index (κ2) is 5.55. The van der Waals surface area contributed by atoms with Crippen molar-refractivity contribution in [3.05, 3.63) is 58.8 Å². The van der Waals surface area contributed by atoms with Gasteiger partial charge in [0.1, 0.15) is 0 Å². The zero-order valence-electron chi connectivity index (χ0n) is 12.8. The van der Waals surface area contributed by atoms with Gasteiger partial charge in [-0.3, -0.25) is 9.78 Å². The lowest BCUT2D eigenvalue weighted by Gasteiger charge is -2.08. The van der Waals surface area contributed by atoms with Crippen molar-refractivity contribution in [3.8, 4) is 0 Å². The average Bonchev–Trinajstić information content (AvgIpc) is 2.94. The highest BCUT2D eigenvalue weighted by atomic mass is 16.1. The zero-order chi connectivity index (χ0) is 15.7.